The maximum absolute atomic E-state index is 12.4. The lowest BCUT2D eigenvalue weighted by atomic mass is 10.1. The fourth-order valence-corrected chi connectivity index (χ4v) is 2.41. The van der Waals surface area contributed by atoms with E-state index in [1.54, 1.807) is 19.2 Å². The summed E-state index contributed by atoms with van der Waals surface area (Å²) in [6.07, 6.45) is 0.721. The molecule has 0 fully saturated rings. The van der Waals surface area contributed by atoms with Crippen LogP contribution in [0.5, 0.6) is 11.5 Å². The SMILES string of the molecule is C=C(C)Cc1c(C)nn(C(=O)COc2ccccc2OC)c1C. The second-order valence-electron chi connectivity index (χ2n) is 5.53. The first kappa shape index (κ1) is 16.8. The zero-order valence-corrected chi connectivity index (χ0v) is 14.0. The molecule has 0 unspecified atom stereocenters. The topological polar surface area (TPSA) is 53.4 Å². The third kappa shape index (κ3) is 3.80. The highest BCUT2D eigenvalue weighted by Crippen LogP contribution is 2.25. The van der Waals surface area contributed by atoms with Crippen molar-refractivity contribution in [3.8, 4) is 11.5 Å². The quantitative estimate of drug-likeness (QED) is 0.767. The Labute approximate surface area is 136 Å². The summed E-state index contributed by atoms with van der Waals surface area (Å²) in [6.45, 7) is 9.57. The summed E-state index contributed by atoms with van der Waals surface area (Å²) >= 11 is 0. The van der Waals surface area contributed by atoms with Crippen LogP contribution in [-0.4, -0.2) is 29.4 Å². The number of aryl methyl sites for hydroxylation is 1. The molecule has 1 heterocycles. The number of nitrogens with zero attached hydrogens (tertiary/aromatic N) is 2. The van der Waals surface area contributed by atoms with Gasteiger partial charge in [-0.2, -0.15) is 5.10 Å². The normalized spacial score (nSPS) is 10.4. The molecule has 0 atom stereocenters. The molecule has 2 rings (SSSR count). The van der Waals surface area contributed by atoms with E-state index in [9.17, 15) is 4.79 Å². The minimum atomic E-state index is -0.218. The first-order valence-corrected chi connectivity index (χ1v) is 7.42. The minimum Gasteiger partial charge on any atom is -0.493 e. The van der Waals surface area contributed by atoms with E-state index in [0.717, 1.165) is 28.9 Å². The lowest BCUT2D eigenvalue weighted by Gasteiger charge is -2.10. The van der Waals surface area contributed by atoms with Crippen LogP contribution in [0.1, 0.15) is 28.7 Å². The van der Waals surface area contributed by atoms with Crippen molar-refractivity contribution in [1.29, 1.82) is 0 Å². The van der Waals surface area contributed by atoms with E-state index in [1.807, 2.05) is 32.9 Å². The van der Waals surface area contributed by atoms with Gasteiger partial charge in [-0.1, -0.05) is 24.3 Å². The van der Waals surface area contributed by atoms with Gasteiger partial charge in [-0.15, -0.1) is 0 Å². The smallest absolute Gasteiger partial charge is 0.284 e. The summed E-state index contributed by atoms with van der Waals surface area (Å²) < 4.78 is 12.2. The minimum absolute atomic E-state index is 0.102. The van der Waals surface area contributed by atoms with Gasteiger partial charge in [-0.05, 0) is 39.3 Å². The zero-order valence-electron chi connectivity index (χ0n) is 14.0. The van der Waals surface area contributed by atoms with Crippen molar-refractivity contribution in [2.75, 3.05) is 13.7 Å². The number of hydrogen-bond donors (Lipinski definition) is 0. The van der Waals surface area contributed by atoms with Gasteiger partial charge in [0.2, 0.25) is 0 Å². The van der Waals surface area contributed by atoms with E-state index < -0.39 is 0 Å². The Morgan fingerprint density at radius 3 is 2.52 bits per heavy atom. The van der Waals surface area contributed by atoms with Crippen molar-refractivity contribution in [1.82, 2.24) is 9.78 Å². The van der Waals surface area contributed by atoms with Crippen LogP contribution in [0.2, 0.25) is 0 Å². The number of ether oxygens (including phenoxy) is 2. The summed E-state index contributed by atoms with van der Waals surface area (Å²) in [6, 6.07) is 7.23. The monoisotopic (exact) mass is 314 g/mol. The van der Waals surface area contributed by atoms with Crippen LogP contribution in [0.3, 0.4) is 0 Å². The number of allylic oxidation sites excluding steroid dienone is 1. The summed E-state index contributed by atoms with van der Waals surface area (Å²) in [5.74, 6) is 0.910. The molecule has 2 aromatic rings. The van der Waals surface area contributed by atoms with Gasteiger partial charge in [0, 0.05) is 11.3 Å². The number of aromatic nitrogens is 2. The van der Waals surface area contributed by atoms with Crippen molar-refractivity contribution in [2.24, 2.45) is 0 Å². The van der Waals surface area contributed by atoms with Gasteiger partial charge in [-0.25, -0.2) is 4.68 Å². The zero-order chi connectivity index (χ0) is 17.0. The summed E-state index contributed by atoms with van der Waals surface area (Å²) in [5, 5.41) is 4.33. The number of benzene rings is 1. The molecule has 0 radical (unpaired) electrons. The van der Waals surface area contributed by atoms with Gasteiger partial charge in [0.25, 0.3) is 5.91 Å². The predicted octanol–water partition coefficient (Wildman–Crippen LogP) is 3.35. The van der Waals surface area contributed by atoms with Crippen molar-refractivity contribution in [3.05, 3.63) is 53.4 Å². The molecule has 0 saturated heterocycles. The van der Waals surface area contributed by atoms with Crippen LogP contribution >= 0.6 is 0 Å². The van der Waals surface area contributed by atoms with Gasteiger partial charge in [0.1, 0.15) is 0 Å². The number of carbonyl (C=O) groups excluding carboxylic acids is 1. The Balaban J connectivity index is 2.14. The van der Waals surface area contributed by atoms with Crippen molar-refractivity contribution >= 4 is 5.91 Å². The fourth-order valence-electron chi connectivity index (χ4n) is 2.41. The van der Waals surface area contributed by atoms with Crippen LogP contribution in [0.15, 0.2) is 36.4 Å². The summed E-state index contributed by atoms with van der Waals surface area (Å²) in [5.41, 5.74) is 3.76. The van der Waals surface area contributed by atoms with E-state index in [0.29, 0.717) is 11.5 Å². The number of rotatable bonds is 6. The second-order valence-corrected chi connectivity index (χ2v) is 5.53. The van der Waals surface area contributed by atoms with Crippen LogP contribution < -0.4 is 9.47 Å². The summed E-state index contributed by atoms with van der Waals surface area (Å²) in [4.78, 5) is 12.4. The predicted molar refractivity (Wildman–Crippen MR) is 89.3 cm³/mol. The van der Waals surface area contributed by atoms with Gasteiger partial charge >= 0.3 is 0 Å². The van der Waals surface area contributed by atoms with E-state index in [4.69, 9.17) is 9.47 Å². The molecule has 0 amide bonds. The molecule has 0 aliphatic carbocycles. The second kappa shape index (κ2) is 7.13. The van der Waals surface area contributed by atoms with Crippen molar-refractivity contribution in [3.63, 3.8) is 0 Å². The maximum Gasteiger partial charge on any atom is 0.284 e. The fraction of sp³-hybridized carbons (Fsp3) is 0.333. The van der Waals surface area contributed by atoms with Gasteiger partial charge in [0.15, 0.2) is 18.1 Å². The molecular formula is C18H22N2O3. The highest BCUT2D eigenvalue weighted by molar-refractivity contribution is 5.80. The third-order valence-electron chi connectivity index (χ3n) is 3.58. The van der Waals surface area contributed by atoms with Crippen LogP contribution in [0, 0.1) is 13.8 Å². The Bertz CT molecular complexity index is 732. The highest BCUT2D eigenvalue weighted by Gasteiger charge is 2.17. The standard InChI is InChI=1S/C18H22N2O3/c1-12(2)10-15-13(3)19-20(14(15)4)18(21)11-23-17-9-7-6-8-16(17)22-5/h6-9H,1,10-11H2,2-5H3. The van der Waals surface area contributed by atoms with E-state index >= 15 is 0 Å². The lowest BCUT2D eigenvalue weighted by Crippen LogP contribution is -2.22. The molecule has 0 N–H and O–H groups in total. The molecule has 1 aromatic heterocycles. The third-order valence-corrected chi connectivity index (χ3v) is 3.58. The largest absolute Gasteiger partial charge is 0.493 e. The van der Waals surface area contributed by atoms with E-state index in [1.165, 1.54) is 4.68 Å². The number of methoxy groups -OCH3 is 1. The number of carbonyl (C=O) groups is 1. The Morgan fingerprint density at radius 1 is 1.26 bits per heavy atom. The highest BCUT2D eigenvalue weighted by atomic mass is 16.5. The van der Waals surface area contributed by atoms with Crippen LogP contribution in [0.4, 0.5) is 0 Å². The molecule has 5 nitrogen and oxygen atoms in total. The van der Waals surface area contributed by atoms with Crippen LogP contribution in [-0.2, 0) is 6.42 Å². The first-order chi connectivity index (χ1) is 10.9. The van der Waals surface area contributed by atoms with E-state index in [2.05, 4.69) is 11.7 Å². The average Bonchev–Trinajstić information content (AvgIpc) is 2.80. The molecule has 0 bridgehead atoms. The lowest BCUT2D eigenvalue weighted by molar-refractivity contribution is 0.0816. The Kier molecular flexibility index (Phi) is 5.21. The molecule has 0 aliphatic rings. The molecule has 23 heavy (non-hydrogen) atoms. The molecule has 5 heteroatoms. The molecule has 1 aromatic carbocycles. The van der Waals surface area contributed by atoms with Crippen LogP contribution in [0.25, 0.3) is 0 Å². The number of para-hydroxylation sites is 2. The van der Waals surface area contributed by atoms with Gasteiger partial charge in [0.05, 0.1) is 12.8 Å². The molecule has 0 saturated carbocycles. The first-order valence-electron chi connectivity index (χ1n) is 7.42. The van der Waals surface area contributed by atoms with Crippen molar-refractivity contribution in [2.45, 2.75) is 27.2 Å². The molecule has 0 spiro atoms. The molecule has 0 aliphatic heterocycles. The summed E-state index contributed by atoms with van der Waals surface area (Å²) in [7, 11) is 1.56. The van der Waals surface area contributed by atoms with Gasteiger partial charge < -0.3 is 9.47 Å². The van der Waals surface area contributed by atoms with E-state index in [-0.39, 0.29) is 12.5 Å². The van der Waals surface area contributed by atoms with Gasteiger partial charge in [-0.3, -0.25) is 4.79 Å². The maximum atomic E-state index is 12.4. The Morgan fingerprint density at radius 2 is 1.91 bits per heavy atom. The Hall–Kier alpha value is -2.56. The number of hydrogen-bond acceptors (Lipinski definition) is 4. The molecule has 122 valence electrons. The van der Waals surface area contributed by atoms with Crippen molar-refractivity contribution < 1.29 is 14.3 Å². The average molecular weight is 314 g/mol. The molecular weight excluding hydrogens is 292 g/mol.